The molecule has 1 atom stereocenters. The number of carbonyl (C=O) groups is 3. The minimum absolute atomic E-state index is 0.0567. The molecule has 0 aliphatic carbocycles. The number of anilines is 1. The second kappa shape index (κ2) is 8.89. The third kappa shape index (κ3) is 4.70. The Morgan fingerprint density at radius 2 is 1.79 bits per heavy atom. The molecule has 2 aromatic rings. The summed E-state index contributed by atoms with van der Waals surface area (Å²) in [5, 5.41) is 0.521. The summed E-state index contributed by atoms with van der Waals surface area (Å²) in [5.41, 5.74) is 1.11. The molecule has 0 N–H and O–H groups in total. The Kier molecular flexibility index (Phi) is 6.31. The van der Waals surface area contributed by atoms with E-state index in [9.17, 15) is 14.4 Å². The molecule has 1 saturated heterocycles. The molecule has 0 bridgehead atoms. The molecule has 0 aromatic heterocycles. The monoisotopic (exact) mass is 401 g/mol. The number of carbonyl (C=O) groups excluding carboxylic acids is 3. The van der Waals surface area contributed by atoms with Gasteiger partial charge in [0, 0.05) is 29.2 Å². The number of rotatable bonds is 7. The van der Waals surface area contributed by atoms with E-state index in [1.54, 1.807) is 53.4 Å². The van der Waals surface area contributed by atoms with Crippen molar-refractivity contribution in [2.24, 2.45) is 5.92 Å². The zero-order chi connectivity index (χ0) is 20.1. The van der Waals surface area contributed by atoms with Gasteiger partial charge >= 0.3 is 5.97 Å². The number of hydrogen-bond donors (Lipinski definition) is 0. The maximum atomic E-state index is 12.3. The lowest BCUT2D eigenvalue weighted by Crippen LogP contribution is -2.27. The van der Waals surface area contributed by atoms with Crippen molar-refractivity contribution in [2.45, 2.75) is 13.3 Å². The van der Waals surface area contributed by atoms with E-state index in [1.165, 1.54) is 0 Å². The normalized spacial score (nSPS) is 16.1. The highest BCUT2D eigenvalue weighted by Crippen LogP contribution is 2.27. The van der Waals surface area contributed by atoms with Crippen LogP contribution in [0.4, 0.5) is 5.69 Å². The molecule has 0 radical (unpaired) electrons. The highest BCUT2D eigenvalue weighted by molar-refractivity contribution is 6.30. The van der Waals surface area contributed by atoms with Crippen LogP contribution in [-0.4, -0.2) is 37.4 Å². The third-order valence-corrected chi connectivity index (χ3v) is 4.68. The summed E-state index contributed by atoms with van der Waals surface area (Å²) in [6.45, 7) is 2.31. The van der Waals surface area contributed by atoms with Crippen LogP contribution in [0.3, 0.4) is 0 Å². The van der Waals surface area contributed by atoms with Gasteiger partial charge in [-0.05, 0) is 55.5 Å². The van der Waals surface area contributed by atoms with Gasteiger partial charge in [0.2, 0.25) is 5.91 Å². The molecule has 0 spiro atoms. The molecular formula is C21H20ClNO5. The van der Waals surface area contributed by atoms with Gasteiger partial charge in [0.05, 0.1) is 12.5 Å². The minimum atomic E-state index is -0.600. The van der Waals surface area contributed by atoms with Crippen LogP contribution in [0.2, 0.25) is 5.02 Å². The third-order valence-electron chi connectivity index (χ3n) is 4.43. The molecule has 3 rings (SSSR count). The van der Waals surface area contributed by atoms with Crippen LogP contribution in [0.5, 0.6) is 5.75 Å². The van der Waals surface area contributed by atoms with Crippen molar-refractivity contribution < 1.29 is 23.9 Å². The standard InChI is InChI=1S/C21H20ClNO5/c1-2-27-18-9-7-17(8-10-18)23-12-15(11-20(23)25)21(26)28-13-19(24)14-3-5-16(22)6-4-14/h3-10,15H,2,11-13H2,1H3/t15-/m0/s1. The van der Waals surface area contributed by atoms with Crippen LogP contribution in [-0.2, 0) is 14.3 Å². The molecule has 2 aromatic carbocycles. The maximum absolute atomic E-state index is 12.3. The zero-order valence-corrected chi connectivity index (χ0v) is 16.1. The van der Waals surface area contributed by atoms with Crippen molar-refractivity contribution in [3.8, 4) is 5.75 Å². The fraction of sp³-hybridized carbons (Fsp3) is 0.286. The number of nitrogens with zero attached hydrogens (tertiary/aromatic N) is 1. The first-order valence-electron chi connectivity index (χ1n) is 8.96. The zero-order valence-electron chi connectivity index (χ0n) is 15.4. The molecule has 1 amide bonds. The first-order chi connectivity index (χ1) is 13.5. The van der Waals surface area contributed by atoms with Crippen LogP contribution < -0.4 is 9.64 Å². The van der Waals surface area contributed by atoms with Crippen LogP contribution in [0.15, 0.2) is 48.5 Å². The lowest BCUT2D eigenvalue weighted by atomic mass is 10.1. The van der Waals surface area contributed by atoms with Crippen molar-refractivity contribution in [1.29, 1.82) is 0 Å². The van der Waals surface area contributed by atoms with Gasteiger partial charge in [-0.3, -0.25) is 14.4 Å². The van der Waals surface area contributed by atoms with Crippen LogP contribution in [0.1, 0.15) is 23.7 Å². The molecule has 1 aliphatic heterocycles. The van der Waals surface area contributed by atoms with E-state index < -0.39 is 11.9 Å². The van der Waals surface area contributed by atoms with E-state index in [0.29, 0.717) is 22.9 Å². The lowest BCUT2D eigenvalue weighted by molar-refractivity contribution is -0.147. The van der Waals surface area contributed by atoms with Crippen molar-refractivity contribution in [1.82, 2.24) is 0 Å². The maximum Gasteiger partial charge on any atom is 0.311 e. The molecule has 0 unspecified atom stereocenters. The Morgan fingerprint density at radius 1 is 1.11 bits per heavy atom. The number of halogens is 1. The summed E-state index contributed by atoms with van der Waals surface area (Å²) < 4.78 is 10.5. The predicted molar refractivity (Wildman–Crippen MR) is 105 cm³/mol. The van der Waals surface area contributed by atoms with Crippen LogP contribution in [0.25, 0.3) is 0 Å². The van der Waals surface area contributed by atoms with E-state index in [2.05, 4.69) is 0 Å². The quantitative estimate of drug-likeness (QED) is 0.524. The summed E-state index contributed by atoms with van der Waals surface area (Å²) >= 11 is 5.79. The fourth-order valence-corrected chi connectivity index (χ4v) is 3.10. The lowest BCUT2D eigenvalue weighted by Gasteiger charge is -2.17. The topological polar surface area (TPSA) is 72.9 Å². The number of Topliss-reactive ketones (excluding diaryl/α,β-unsaturated/α-hetero) is 1. The van der Waals surface area contributed by atoms with Gasteiger partial charge in [0.15, 0.2) is 12.4 Å². The summed E-state index contributed by atoms with van der Waals surface area (Å²) in [6.07, 6.45) is 0.0567. The van der Waals surface area contributed by atoms with Gasteiger partial charge < -0.3 is 14.4 Å². The van der Waals surface area contributed by atoms with Crippen molar-refractivity contribution >= 4 is 34.9 Å². The fourth-order valence-electron chi connectivity index (χ4n) is 2.98. The molecule has 1 heterocycles. The van der Waals surface area contributed by atoms with E-state index in [0.717, 1.165) is 5.75 Å². The van der Waals surface area contributed by atoms with E-state index in [1.807, 2.05) is 6.92 Å². The average molecular weight is 402 g/mol. The van der Waals surface area contributed by atoms with Gasteiger partial charge in [-0.25, -0.2) is 0 Å². The molecular weight excluding hydrogens is 382 g/mol. The molecule has 7 heteroatoms. The van der Waals surface area contributed by atoms with Crippen molar-refractivity contribution in [3.63, 3.8) is 0 Å². The van der Waals surface area contributed by atoms with E-state index >= 15 is 0 Å². The smallest absolute Gasteiger partial charge is 0.311 e. The Morgan fingerprint density at radius 3 is 2.43 bits per heavy atom. The summed E-state index contributed by atoms with van der Waals surface area (Å²) in [6, 6.07) is 13.5. The molecule has 1 aliphatic rings. The van der Waals surface area contributed by atoms with Gasteiger partial charge in [-0.1, -0.05) is 11.6 Å². The molecule has 0 saturated carbocycles. The number of hydrogen-bond acceptors (Lipinski definition) is 5. The minimum Gasteiger partial charge on any atom is -0.494 e. The second-order valence-electron chi connectivity index (χ2n) is 6.37. The molecule has 1 fully saturated rings. The Balaban J connectivity index is 1.56. The highest BCUT2D eigenvalue weighted by Gasteiger charge is 2.36. The highest BCUT2D eigenvalue weighted by atomic mass is 35.5. The van der Waals surface area contributed by atoms with Gasteiger partial charge in [0.25, 0.3) is 0 Å². The number of ketones is 1. The largest absolute Gasteiger partial charge is 0.494 e. The molecule has 146 valence electrons. The molecule has 28 heavy (non-hydrogen) atoms. The van der Waals surface area contributed by atoms with Crippen LogP contribution in [0, 0.1) is 5.92 Å². The molecule has 6 nitrogen and oxygen atoms in total. The Hall–Kier alpha value is -2.86. The predicted octanol–water partition coefficient (Wildman–Crippen LogP) is 3.52. The van der Waals surface area contributed by atoms with E-state index in [-0.39, 0.29) is 31.3 Å². The number of benzene rings is 2. The van der Waals surface area contributed by atoms with Gasteiger partial charge in [0.1, 0.15) is 5.75 Å². The SMILES string of the molecule is CCOc1ccc(N2C[C@@H](C(=O)OCC(=O)c3ccc(Cl)cc3)CC2=O)cc1. The number of amides is 1. The first kappa shape index (κ1) is 19.9. The average Bonchev–Trinajstić information content (AvgIpc) is 3.09. The number of esters is 1. The first-order valence-corrected chi connectivity index (χ1v) is 9.34. The second-order valence-corrected chi connectivity index (χ2v) is 6.81. The Labute approximate surface area is 168 Å². The van der Waals surface area contributed by atoms with Crippen molar-refractivity contribution in [2.75, 3.05) is 24.7 Å². The summed E-state index contributed by atoms with van der Waals surface area (Å²) in [7, 11) is 0. The summed E-state index contributed by atoms with van der Waals surface area (Å²) in [5.74, 6) is -0.913. The van der Waals surface area contributed by atoms with E-state index in [4.69, 9.17) is 21.1 Å². The Bertz CT molecular complexity index is 863. The summed E-state index contributed by atoms with van der Waals surface area (Å²) in [4.78, 5) is 38.2. The van der Waals surface area contributed by atoms with Crippen molar-refractivity contribution in [3.05, 3.63) is 59.1 Å². The number of ether oxygens (including phenoxy) is 2. The van der Waals surface area contributed by atoms with Crippen LogP contribution >= 0.6 is 11.6 Å². The van der Waals surface area contributed by atoms with Gasteiger partial charge in [-0.15, -0.1) is 0 Å². The van der Waals surface area contributed by atoms with Gasteiger partial charge in [-0.2, -0.15) is 0 Å².